The van der Waals surface area contributed by atoms with E-state index in [1.54, 1.807) is 12.0 Å². The second-order valence-electron chi connectivity index (χ2n) is 3.91. The number of halogens is 1. The Hall–Kier alpha value is -1.91. The zero-order valence-corrected chi connectivity index (χ0v) is 11.1. The maximum atomic E-state index is 11.4. The van der Waals surface area contributed by atoms with Crippen molar-refractivity contribution in [3.8, 4) is 0 Å². The highest BCUT2D eigenvalue weighted by atomic mass is 79.9. The lowest BCUT2D eigenvalue weighted by atomic mass is 10.1. The average molecular weight is 308 g/mol. The number of anilines is 1. The van der Waals surface area contributed by atoms with Crippen molar-refractivity contribution >= 4 is 39.7 Å². The lowest BCUT2D eigenvalue weighted by molar-refractivity contribution is -0.118. The highest BCUT2D eigenvalue weighted by Crippen LogP contribution is 2.32. The van der Waals surface area contributed by atoms with Crippen LogP contribution in [0.4, 0.5) is 5.69 Å². The van der Waals surface area contributed by atoms with Crippen LogP contribution in [0.5, 0.6) is 0 Å². The Morgan fingerprint density at radius 2 is 2.28 bits per heavy atom. The molecule has 0 saturated heterocycles. The van der Waals surface area contributed by atoms with E-state index in [-0.39, 0.29) is 5.57 Å². The second-order valence-corrected chi connectivity index (χ2v) is 4.76. The number of nitrogens with two attached hydrogens (primary N) is 1. The average Bonchev–Trinajstić information content (AvgIpc) is 2.72. The number of primary amides is 1. The number of carbonyl (C=O) groups excluding carboxylic acids is 2. The molecule has 1 aliphatic rings. The Morgan fingerprint density at radius 1 is 1.56 bits per heavy atom. The number of rotatable bonds is 2. The van der Waals surface area contributed by atoms with Crippen LogP contribution in [0.1, 0.15) is 5.56 Å². The van der Waals surface area contributed by atoms with Gasteiger partial charge in [-0.2, -0.15) is 5.10 Å². The number of nitrogens with zero attached hydrogens (tertiary/aromatic N) is 2. The summed E-state index contributed by atoms with van der Waals surface area (Å²) >= 11 is 3.40. The molecule has 2 rings (SSSR count). The molecule has 1 heterocycles. The van der Waals surface area contributed by atoms with Gasteiger partial charge >= 0.3 is 0 Å². The summed E-state index contributed by atoms with van der Waals surface area (Å²) in [7, 11) is 0. The first kappa shape index (κ1) is 12.5. The van der Waals surface area contributed by atoms with Crippen molar-refractivity contribution in [3.05, 3.63) is 33.8 Å². The highest BCUT2D eigenvalue weighted by Gasteiger charge is 2.33. The number of hydrogen-bond acceptors (Lipinski definition) is 4. The minimum atomic E-state index is -0.901. The molecule has 1 aliphatic heterocycles. The standard InChI is InChI=1S/C12H10BrN3O2/c1-7-2-3-10(9(13)4-7)16-11(12(14)18)8(6-17)5-15-16/h2-5,11H,1H3,(H2,14,18). The predicted octanol–water partition coefficient (Wildman–Crippen LogP) is 1.18. The highest BCUT2D eigenvalue weighted by molar-refractivity contribution is 9.10. The lowest BCUT2D eigenvalue weighted by Crippen LogP contribution is -2.40. The van der Waals surface area contributed by atoms with E-state index in [9.17, 15) is 9.59 Å². The molecule has 0 aliphatic carbocycles. The third-order valence-corrected chi connectivity index (χ3v) is 3.23. The first-order valence-corrected chi connectivity index (χ1v) is 5.97. The molecule has 92 valence electrons. The quantitative estimate of drug-likeness (QED) is 0.833. The number of hydrazone groups is 1. The van der Waals surface area contributed by atoms with Crippen LogP contribution >= 0.6 is 15.9 Å². The summed E-state index contributed by atoms with van der Waals surface area (Å²) in [4.78, 5) is 22.2. The van der Waals surface area contributed by atoms with Crippen LogP contribution in [0.3, 0.4) is 0 Å². The molecule has 2 N–H and O–H groups in total. The van der Waals surface area contributed by atoms with Crippen LogP contribution in [-0.4, -0.2) is 24.1 Å². The monoisotopic (exact) mass is 307 g/mol. The largest absolute Gasteiger partial charge is 0.367 e. The van der Waals surface area contributed by atoms with Gasteiger partial charge in [-0.15, -0.1) is 0 Å². The van der Waals surface area contributed by atoms with E-state index in [1.165, 1.54) is 11.2 Å². The Balaban J connectivity index is 2.48. The van der Waals surface area contributed by atoms with Gasteiger partial charge in [0, 0.05) is 4.47 Å². The fraction of sp³-hybridized carbons (Fsp3) is 0.167. The number of hydrogen-bond donors (Lipinski definition) is 1. The minimum Gasteiger partial charge on any atom is -0.367 e. The molecular weight excluding hydrogens is 298 g/mol. The van der Waals surface area contributed by atoms with Crippen molar-refractivity contribution in [2.75, 3.05) is 5.01 Å². The van der Waals surface area contributed by atoms with Gasteiger partial charge in [0.25, 0.3) is 0 Å². The van der Waals surface area contributed by atoms with Crippen molar-refractivity contribution in [1.29, 1.82) is 0 Å². The third kappa shape index (κ3) is 2.08. The maximum Gasteiger partial charge on any atom is 0.247 e. The summed E-state index contributed by atoms with van der Waals surface area (Å²) in [5.74, 6) is 1.05. The van der Waals surface area contributed by atoms with Gasteiger partial charge in [0.05, 0.1) is 17.5 Å². The Morgan fingerprint density at radius 3 is 2.83 bits per heavy atom. The molecule has 1 unspecified atom stereocenters. The Kier molecular flexibility index (Phi) is 3.32. The normalized spacial score (nSPS) is 18.0. The molecule has 18 heavy (non-hydrogen) atoms. The summed E-state index contributed by atoms with van der Waals surface area (Å²) in [6.07, 6.45) is 1.30. The molecule has 1 aromatic rings. The van der Waals surface area contributed by atoms with Crippen LogP contribution < -0.4 is 10.7 Å². The summed E-state index contributed by atoms with van der Waals surface area (Å²) in [5, 5.41) is 5.44. The van der Waals surface area contributed by atoms with Crippen molar-refractivity contribution in [2.45, 2.75) is 13.0 Å². The molecule has 1 aromatic carbocycles. The summed E-state index contributed by atoms with van der Waals surface area (Å²) in [6, 6.07) is 4.68. The smallest absolute Gasteiger partial charge is 0.247 e. The van der Waals surface area contributed by atoms with Crippen molar-refractivity contribution < 1.29 is 9.59 Å². The summed E-state index contributed by atoms with van der Waals surface area (Å²) in [5.41, 5.74) is 7.17. The van der Waals surface area contributed by atoms with E-state index in [0.717, 1.165) is 10.0 Å². The first-order valence-electron chi connectivity index (χ1n) is 5.18. The minimum absolute atomic E-state index is 0.134. The van der Waals surface area contributed by atoms with Crippen molar-refractivity contribution in [3.63, 3.8) is 0 Å². The SMILES string of the molecule is Cc1ccc(N2N=CC(=C=O)C2C(N)=O)c(Br)c1. The molecule has 0 aromatic heterocycles. The van der Waals surface area contributed by atoms with Crippen molar-refractivity contribution in [1.82, 2.24) is 0 Å². The van der Waals surface area contributed by atoms with Crippen LogP contribution in [0.2, 0.25) is 0 Å². The topological polar surface area (TPSA) is 75.8 Å². The number of carbonyl (C=O) groups is 1. The van der Waals surface area contributed by atoms with Crippen LogP contribution in [0.25, 0.3) is 0 Å². The number of amides is 1. The summed E-state index contributed by atoms with van der Waals surface area (Å²) in [6.45, 7) is 1.95. The van der Waals surface area contributed by atoms with E-state index in [4.69, 9.17) is 5.73 Å². The third-order valence-electron chi connectivity index (χ3n) is 2.60. The van der Waals surface area contributed by atoms with Crippen LogP contribution in [-0.2, 0) is 9.59 Å². The van der Waals surface area contributed by atoms with Gasteiger partial charge in [0.1, 0.15) is 5.94 Å². The predicted molar refractivity (Wildman–Crippen MR) is 72.0 cm³/mol. The van der Waals surface area contributed by atoms with Gasteiger partial charge < -0.3 is 5.73 Å². The van der Waals surface area contributed by atoms with Gasteiger partial charge in [-0.05, 0) is 40.5 Å². The fourth-order valence-electron chi connectivity index (χ4n) is 1.75. The molecular formula is C12H10BrN3O2. The maximum absolute atomic E-state index is 11.4. The van der Waals surface area contributed by atoms with Gasteiger partial charge in [0.15, 0.2) is 6.04 Å². The molecule has 6 heteroatoms. The Bertz CT molecular complexity index is 591. The molecule has 0 radical (unpaired) electrons. The zero-order valence-electron chi connectivity index (χ0n) is 9.55. The molecule has 0 fully saturated rings. The van der Waals surface area contributed by atoms with Gasteiger partial charge in [-0.3, -0.25) is 4.79 Å². The molecule has 1 amide bonds. The van der Waals surface area contributed by atoms with E-state index < -0.39 is 11.9 Å². The van der Waals surface area contributed by atoms with E-state index >= 15 is 0 Å². The fourth-order valence-corrected chi connectivity index (χ4v) is 2.42. The lowest BCUT2D eigenvalue weighted by Gasteiger charge is -2.22. The second kappa shape index (κ2) is 4.76. The van der Waals surface area contributed by atoms with Crippen LogP contribution in [0, 0.1) is 6.92 Å². The van der Waals surface area contributed by atoms with Gasteiger partial charge in [-0.1, -0.05) is 6.07 Å². The zero-order chi connectivity index (χ0) is 13.3. The Labute approximate surface area is 112 Å². The van der Waals surface area contributed by atoms with Gasteiger partial charge in [0.2, 0.25) is 5.91 Å². The molecule has 5 nitrogen and oxygen atoms in total. The van der Waals surface area contributed by atoms with Gasteiger partial charge in [-0.25, -0.2) is 9.80 Å². The van der Waals surface area contributed by atoms with E-state index in [1.807, 2.05) is 19.1 Å². The molecule has 1 atom stereocenters. The van der Waals surface area contributed by atoms with Crippen molar-refractivity contribution in [2.24, 2.45) is 10.8 Å². The van der Waals surface area contributed by atoms with E-state index in [0.29, 0.717) is 5.69 Å². The first-order chi connectivity index (χ1) is 8.54. The molecule has 0 spiro atoms. The molecule has 0 saturated carbocycles. The van der Waals surface area contributed by atoms with Crippen LogP contribution in [0.15, 0.2) is 33.3 Å². The summed E-state index contributed by atoms with van der Waals surface area (Å²) < 4.78 is 0.776. The number of benzene rings is 1. The number of aryl methyl sites for hydroxylation is 1. The van der Waals surface area contributed by atoms with E-state index in [2.05, 4.69) is 21.0 Å². The molecule has 0 bridgehead atoms.